The van der Waals surface area contributed by atoms with Gasteiger partial charge in [-0.15, -0.1) is 0 Å². The van der Waals surface area contributed by atoms with Crippen LogP contribution in [-0.4, -0.2) is 18.3 Å². The summed E-state index contributed by atoms with van der Waals surface area (Å²) in [6.07, 6.45) is 3.29. The zero-order chi connectivity index (χ0) is 13.8. The molecule has 1 aliphatic carbocycles. The maximum absolute atomic E-state index is 13.6. The minimum atomic E-state index is -0.417. The second-order valence-electron chi connectivity index (χ2n) is 5.43. The van der Waals surface area contributed by atoms with Crippen molar-refractivity contribution in [3.05, 3.63) is 35.4 Å². The Bertz CT molecular complexity index is 425. The highest BCUT2D eigenvalue weighted by atomic mass is 19.1. The average molecular weight is 269 g/mol. The third-order valence-corrected chi connectivity index (χ3v) is 4.16. The molecule has 0 aliphatic heterocycles. The van der Waals surface area contributed by atoms with Crippen LogP contribution in [0.2, 0.25) is 0 Å². The van der Waals surface area contributed by atoms with Gasteiger partial charge in [-0.25, -0.2) is 8.78 Å². The van der Waals surface area contributed by atoms with Crippen molar-refractivity contribution in [1.29, 1.82) is 0 Å². The molecule has 19 heavy (non-hydrogen) atoms. The highest BCUT2D eigenvalue weighted by Crippen LogP contribution is 2.31. The molecule has 1 aromatic carbocycles. The van der Waals surface area contributed by atoms with Crippen molar-refractivity contribution >= 4 is 0 Å². The molecule has 1 aliphatic rings. The van der Waals surface area contributed by atoms with Gasteiger partial charge in [0.1, 0.15) is 11.6 Å². The lowest BCUT2D eigenvalue weighted by Crippen LogP contribution is -2.29. The summed E-state index contributed by atoms with van der Waals surface area (Å²) in [7, 11) is 0. The van der Waals surface area contributed by atoms with Crippen LogP contribution in [0.4, 0.5) is 8.78 Å². The van der Waals surface area contributed by atoms with Crippen LogP contribution in [0.3, 0.4) is 0 Å². The molecular formula is C15H21F2NO. The van der Waals surface area contributed by atoms with E-state index in [2.05, 4.69) is 5.32 Å². The highest BCUT2D eigenvalue weighted by molar-refractivity contribution is 5.21. The number of rotatable bonds is 5. The first kappa shape index (κ1) is 14.4. The molecule has 1 aromatic rings. The summed E-state index contributed by atoms with van der Waals surface area (Å²) in [4.78, 5) is 0. The van der Waals surface area contributed by atoms with E-state index in [0.717, 1.165) is 37.9 Å². The van der Waals surface area contributed by atoms with Crippen LogP contribution in [0.25, 0.3) is 0 Å². The monoisotopic (exact) mass is 269 g/mol. The van der Waals surface area contributed by atoms with Gasteiger partial charge in [0, 0.05) is 18.2 Å². The summed E-state index contributed by atoms with van der Waals surface area (Å²) < 4.78 is 26.8. The van der Waals surface area contributed by atoms with Gasteiger partial charge in [0.25, 0.3) is 0 Å². The van der Waals surface area contributed by atoms with Gasteiger partial charge in [0.15, 0.2) is 0 Å². The van der Waals surface area contributed by atoms with E-state index in [-0.39, 0.29) is 18.5 Å². The first-order valence-electron chi connectivity index (χ1n) is 6.91. The summed E-state index contributed by atoms with van der Waals surface area (Å²) >= 11 is 0. The SMILES string of the molecule is CC(NCC1CCCC1CO)c1cc(F)ccc1F. The second kappa shape index (κ2) is 6.44. The van der Waals surface area contributed by atoms with E-state index in [0.29, 0.717) is 17.4 Å². The van der Waals surface area contributed by atoms with Gasteiger partial charge < -0.3 is 10.4 Å². The Morgan fingerprint density at radius 1 is 1.32 bits per heavy atom. The molecule has 0 aromatic heterocycles. The topological polar surface area (TPSA) is 32.3 Å². The van der Waals surface area contributed by atoms with E-state index >= 15 is 0 Å². The first-order chi connectivity index (χ1) is 9.11. The van der Waals surface area contributed by atoms with Gasteiger partial charge in [-0.05, 0) is 56.3 Å². The van der Waals surface area contributed by atoms with Crippen LogP contribution < -0.4 is 5.32 Å². The van der Waals surface area contributed by atoms with Crippen LogP contribution in [0.1, 0.15) is 37.8 Å². The summed E-state index contributed by atoms with van der Waals surface area (Å²) in [5.41, 5.74) is 0.360. The Morgan fingerprint density at radius 2 is 2.05 bits per heavy atom. The molecule has 0 spiro atoms. The quantitative estimate of drug-likeness (QED) is 0.861. The van der Waals surface area contributed by atoms with Crippen molar-refractivity contribution in [3.63, 3.8) is 0 Å². The molecular weight excluding hydrogens is 248 g/mol. The Kier molecular flexibility index (Phi) is 4.88. The van der Waals surface area contributed by atoms with Crippen molar-refractivity contribution in [2.24, 2.45) is 11.8 Å². The van der Waals surface area contributed by atoms with Gasteiger partial charge in [0.05, 0.1) is 0 Å². The van der Waals surface area contributed by atoms with Crippen LogP contribution in [0, 0.1) is 23.5 Å². The Hall–Kier alpha value is -1.00. The number of hydrogen-bond donors (Lipinski definition) is 2. The lowest BCUT2D eigenvalue weighted by Gasteiger charge is -2.21. The molecule has 3 atom stereocenters. The summed E-state index contributed by atoms with van der Waals surface area (Å²) in [5.74, 6) is -0.0215. The van der Waals surface area contributed by atoms with Crippen molar-refractivity contribution in [1.82, 2.24) is 5.32 Å². The van der Waals surface area contributed by atoms with Crippen LogP contribution >= 0.6 is 0 Å². The molecule has 0 amide bonds. The maximum Gasteiger partial charge on any atom is 0.128 e. The van der Waals surface area contributed by atoms with E-state index < -0.39 is 5.82 Å². The fraction of sp³-hybridized carbons (Fsp3) is 0.600. The fourth-order valence-electron chi connectivity index (χ4n) is 2.91. The molecule has 0 heterocycles. The zero-order valence-corrected chi connectivity index (χ0v) is 11.2. The lowest BCUT2D eigenvalue weighted by molar-refractivity contribution is 0.190. The predicted molar refractivity (Wildman–Crippen MR) is 70.7 cm³/mol. The van der Waals surface area contributed by atoms with E-state index in [9.17, 15) is 13.9 Å². The van der Waals surface area contributed by atoms with Crippen molar-refractivity contribution < 1.29 is 13.9 Å². The smallest absolute Gasteiger partial charge is 0.128 e. The summed E-state index contributed by atoms with van der Waals surface area (Å²) in [6.45, 7) is 2.79. The van der Waals surface area contributed by atoms with E-state index in [1.165, 1.54) is 6.07 Å². The Morgan fingerprint density at radius 3 is 2.79 bits per heavy atom. The van der Waals surface area contributed by atoms with E-state index in [4.69, 9.17) is 0 Å². The average Bonchev–Trinajstić information content (AvgIpc) is 2.86. The number of aliphatic hydroxyl groups excluding tert-OH is 1. The van der Waals surface area contributed by atoms with Crippen LogP contribution in [0.15, 0.2) is 18.2 Å². The summed E-state index contributed by atoms with van der Waals surface area (Å²) in [6, 6.07) is 3.31. The van der Waals surface area contributed by atoms with Crippen molar-refractivity contribution in [2.75, 3.05) is 13.2 Å². The number of aliphatic hydroxyl groups is 1. The molecule has 2 nitrogen and oxygen atoms in total. The molecule has 106 valence electrons. The molecule has 1 saturated carbocycles. The van der Waals surface area contributed by atoms with E-state index in [1.807, 2.05) is 6.92 Å². The van der Waals surface area contributed by atoms with Crippen molar-refractivity contribution in [3.8, 4) is 0 Å². The number of hydrogen-bond acceptors (Lipinski definition) is 2. The normalized spacial score (nSPS) is 24.6. The molecule has 0 radical (unpaired) electrons. The molecule has 2 rings (SSSR count). The minimum Gasteiger partial charge on any atom is -0.396 e. The molecule has 0 bridgehead atoms. The molecule has 4 heteroatoms. The van der Waals surface area contributed by atoms with Crippen LogP contribution in [-0.2, 0) is 0 Å². The van der Waals surface area contributed by atoms with Gasteiger partial charge >= 0.3 is 0 Å². The maximum atomic E-state index is 13.6. The van der Waals surface area contributed by atoms with Gasteiger partial charge in [0.2, 0.25) is 0 Å². The zero-order valence-electron chi connectivity index (χ0n) is 11.2. The van der Waals surface area contributed by atoms with E-state index in [1.54, 1.807) is 0 Å². The fourth-order valence-corrected chi connectivity index (χ4v) is 2.91. The number of benzene rings is 1. The lowest BCUT2D eigenvalue weighted by atomic mass is 9.96. The van der Waals surface area contributed by atoms with Crippen LogP contribution in [0.5, 0.6) is 0 Å². The van der Waals surface area contributed by atoms with Gasteiger partial charge in [-0.2, -0.15) is 0 Å². The first-order valence-corrected chi connectivity index (χ1v) is 6.91. The largest absolute Gasteiger partial charge is 0.396 e. The third kappa shape index (κ3) is 3.51. The highest BCUT2D eigenvalue weighted by Gasteiger charge is 2.26. The Balaban J connectivity index is 1.93. The number of halogens is 2. The second-order valence-corrected chi connectivity index (χ2v) is 5.43. The summed E-state index contributed by atoms with van der Waals surface area (Å²) in [5, 5.41) is 12.5. The standard InChI is InChI=1S/C15H21F2NO/c1-10(14-7-13(16)5-6-15(14)17)18-8-11-3-2-4-12(11)9-19/h5-7,10-12,18-19H,2-4,8-9H2,1H3. The molecule has 1 fully saturated rings. The molecule has 0 saturated heterocycles. The Labute approximate surface area is 112 Å². The van der Waals surface area contributed by atoms with Gasteiger partial charge in [-0.1, -0.05) is 6.42 Å². The predicted octanol–water partition coefficient (Wildman–Crippen LogP) is 3.02. The minimum absolute atomic E-state index is 0.217. The van der Waals surface area contributed by atoms with Gasteiger partial charge in [-0.3, -0.25) is 0 Å². The number of nitrogens with one attached hydrogen (secondary N) is 1. The molecule has 2 N–H and O–H groups in total. The molecule has 3 unspecified atom stereocenters. The van der Waals surface area contributed by atoms with Crippen molar-refractivity contribution in [2.45, 2.75) is 32.2 Å². The third-order valence-electron chi connectivity index (χ3n) is 4.16.